The van der Waals surface area contributed by atoms with Crippen molar-refractivity contribution in [3.05, 3.63) is 65.2 Å². The minimum atomic E-state index is 0.0462. The second-order valence-electron chi connectivity index (χ2n) is 6.88. The first-order chi connectivity index (χ1) is 10.3. The van der Waals surface area contributed by atoms with E-state index in [1.165, 1.54) is 0 Å². The zero-order valence-electron chi connectivity index (χ0n) is 13.8. The Balaban J connectivity index is 2.01. The number of ether oxygens (including phenoxy) is 1. The van der Waals surface area contributed by atoms with E-state index in [0.717, 1.165) is 23.3 Å². The second-order valence-corrected chi connectivity index (χ2v) is 6.88. The molecule has 0 aliphatic rings. The lowest BCUT2D eigenvalue weighted by molar-refractivity contribution is 0.103. The first-order valence-corrected chi connectivity index (χ1v) is 7.69. The van der Waals surface area contributed by atoms with Gasteiger partial charge in [-0.05, 0) is 49.1 Å². The molecule has 0 atom stereocenters. The van der Waals surface area contributed by atoms with Gasteiger partial charge in [0, 0.05) is 11.1 Å². The van der Waals surface area contributed by atoms with Crippen LogP contribution in [-0.4, -0.2) is 12.4 Å². The van der Waals surface area contributed by atoms with Gasteiger partial charge in [0.2, 0.25) is 0 Å². The van der Waals surface area contributed by atoms with E-state index in [9.17, 15) is 4.79 Å². The highest BCUT2D eigenvalue weighted by molar-refractivity contribution is 6.09. The van der Waals surface area contributed by atoms with Crippen LogP contribution in [0.3, 0.4) is 0 Å². The standard InChI is InChI=1S/C20H24O2/c1-15-6-5-7-17(14-15)19(21)16-8-10-18(11-9-16)22-13-12-20(2,3)4/h5-11,14H,12-13H2,1-4H3. The Kier molecular flexibility index (Phi) is 5.02. The Morgan fingerprint density at radius 3 is 2.27 bits per heavy atom. The molecule has 2 rings (SSSR count). The Hall–Kier alpha value is -2.09. The molecule has 2 nitrogen and oxygen atoms in total. The first-order valence-electron chi connectivity index (χ1n) is 7.69. The molecule has 2 aromatic rings. The topological polar surface area (TPSA) is 26.3 Å². The minimum Gasteiger partial charge on any atom is -0.494 e. The van der Waals surface area contributed by atoms with Crippen LogP contribution in [0.1, 0.15) is 48.7 Å². The molecule has 0 heterocycles. The largest absolute Gasteiger partial charge is 0.494 e. The summed E-state index contributed by atoms with van der Waals surface area (Å²) in [6, 6.07) is 15.1. The maximum Gasteiger partial charge on any atom is 0.193 e. The van der Waals surface area contributed by atoms with Crippen molar-refractivity contribution < 1.29 is 9.53 Å². The third kappa shape index (κ3) is 4.73. The SMILES string of the molecule is Cc1cccc(C(=O)c2ccc(OCCC(C)(C)C)cc2)c1. The molecule has 0 spiro atoms. The van der Waals surface area contributed by atoms with Gasteiger partial charge in [-0.1, -0.05) is 44.5 Å². The number of hydrogen-bond donors (Lipinski definition) is 0. The van der Waals surface area contributed by atoms with Crippen LogP contribution in [0.25, 0.3) is 0 Å². The highest BCUT2D eigenvalue weighted by Gasteiger charge is 2.11. The summed E-state index contributed by atoms with van der Waals surface area (Å²) in [5, 5.41) is 0. The molecule has 0 aromatic heterocycles. The molecule has 0 amide bonds. The van der Waals surface area contributed by atoms with E-state index in [2.05, 4.69) is 20.8 Å². The highest BCUT2D eigenvalue weighted by Crippen LogP contribution is 2.20. The van der Waals surface area contributed by atoms with Gasteiger partial charge in [0.05, 0.1) is 6.61 Å². The molecule has 0 unspecified atom stereocenters. The number of hydrogen-bond acceptors (Lipinski definition) is 2. The number of carbonyl (C=O) groups excluding carboxylic acids is 1. The van der Waals surface area contributed by atoms with Crippen molar-refractivity contribution in [2.24, 2.45) is 5.41 Å². The fourth-order valence-corrected chi connectivity index (χ4v) is 2.13. The number of benzene rings is 2. The van der Waals surface area contributed by atoms with Gasteiger partial charge in [0.15, 0.2) is 5.78 Å². The highest BCUT2D eigenvalue weighted by atomic mass is 16.5. The zero-order chi connectivity index (χ0) is 16.2. The molecule has 2 heteroatoms. The van der Waals surface area contributed by atoms with Gasteiger partial charge < -0.3 is 4.74 Å². The first kappa shape index (κ1) is 16.3. The molecule has 0 N–H and O–H groups in total. The Labute approximate surface area is 133 Å². The van der Waals surface area contributed by atoms with Crippen LogP contribution in [0.5, 0.6) is 5.75 Å². The number of ketones is 1. The molecular weight excluding hydrogens is 272 g/mol. The monoisotopic (exact) mass is 296 g/mol. The van der Waals surface area contributed by atoms with E-state index in [4.69, 9.17) is 4.74 Å². The average molecular weight is 296 g/mol. The van der Waals surface area contributed by atoms with Crippen LogP contribution < -0.4 is 4.74 Å². The lowest BCUT2D eigenvalue weighted by Gasteiger charge is -2.18. The summed E-state index contributed by atoms with van der Waals surface area (Å²) < 4.78 is 5.73. The molecule has 0 saturated heterocycles. The van der Waals surface area contributed by atoms with Crippen molar-refractivity contribution in [1.29, 1.82) is 0 Å². The summed E-state index contributed by atoms with van der Waals surface area (Å²) in [6.07, 6.45) is 0.997. The van der Waals surface area contributed by atoms with Crippen molar-refractivity contribution in [1.82, 2.24) is 0 Å². The predicted molar refractivity (Wildman–Crippen MR) is 90.6 cm³/mol. The molecule has 0 aliphatic carbocycles. The average Bonchev–Trinajstić information content (AvgIpc) is 2.46. The zero-order valence-corrected chi connectivity index (χ0v) is 13.8. The number of carbonyl (C=O) groups is 1. The van der Waals surface area contributed by atoms with Crippen LogP contribution in [0.15, 0.2) is 48.5 Å². The van der Waals surface area contributed by atoms with Crippen molar-refractivity contribution in [3.8, 4) is 5.75 Å². The van der Waals surface area contributed by atoms with Crippen LogP contribution in [0.2, 0.25) is 0 Å². The van der Waals surface area contributed by atoms with E-state index in [-0.39, 0.29) is 11.2 Å². The summed E-state index contributed by atoms with van der Waals surface area (Å²) >= 11 is 0. The van der Waals surface area contributed by atoms with E-state index in [1.807, 2.05) is 55.5 Å². The van der Waals surface area contributed by atoms with Gasteiger partial charge in [-0.3, -0.25) is 4.79 Å². The Bertz CT molecular complexity index is 634. The smallest absolute Gasteiger partial charge is 0.193 e. The third-order valence-electron chi connectivity index (χ3n) is 3.52. The van der Waals surface area contributed by atoms with E-state index < -0.39 is 0 Å². The Morgan fingerprint density at radius 2 is 1.68 bits per heavy atom. The molecule has 116 valence electrons. The normalized spacial score (nSPS) is 11.3. The molecule has 0 saturated carbocycles. The molecule has 2 aromatic carbocycles. The molecule has 0 aliphatic heterocycles. The summed E-state index contributed by atoms with van der Waals surface area (Å²) in [4.78, 5) is 12.4. The predicted octanol–water partition coefficient (Wildman–Crippen LogP) is 5.04. The summed E-state index contributed by atoms with van der Waals surface area (Å²) in [7, 11) is 0. The number of rotatable bonds is 5. The fourth-order valence-electron chi connectivity index (χ4n) is 2.13. The van der Waals surface area contributed by atoms with Gasteiger partial charge >= 0.3 is 0 Å². The molecular formula is C20H24O2. The quantitative estimate of drug-likeness (QED) is 0.722. The van der Waals surface area contributed by atoms with E-state index >= 15 is 0 Å². The Morgan fingerprint density at radius 1 is 1.00 bits per heavy atom. The molecule has 0 bridgehead atoms. The molecule has 22 heavy (non-hydrogen) atoms. The van der Waals surface area contributed by atoms with Crippen LogP contribution in [0, 0.1) is 12.3 Å². The lowest BCUT2D eigenvalue weighted by atomic mass is 9.93. The maximum atomic E-state index is 12.4. The van der Waals surface area contributed by atoms with Gasteiger partial charge in [-0.25, -0.2) is 0 Å². The second kappa shape index (κ2) is 6.78. The van der Waals surface area contributed by atoms with Crippen LogP contribution >= 0.6 is 0 Å². The third-order valence-corrected chi connectivity index (χ3v) is 3.52. The van der Waals surface area contributed by atoms with Crippen molar-refractivity contribution in [2.45, 2.75) is 34.1 Å². The fraction of sp³-hybridized carbons (Fsp3) is 0.350. The van der Waals surface area contributed by atoms with Gasteiger partial charge in [-0.15, -0.1) is 0 Å². The lowest BCUT2D eigenvalue weighted by Crippen LogP contribution is -2.11. The van der Waals surface area contributed by atoms with Crippen LogP contribution in [0.4, 0.5) is 0 Å². The molecule has 0 radical (unpaired) electrons. The maximum absolute atomic E-state index is 12.4. The summed E-state index contributed by atoms with van der Waals surface area (Å²) in [6.45, 7) is 9.26. The van der Waals surface area contributed by atoms with Crippen molar-refractivity contribution >= 4 is 5.78 Å². The summed E-state index contributed by atoms with van der Waals surface area (Å²) in [5.41, 5.74) is 2.77. The van der Waals surface area contributed by atoms with Crippen LogP contribution in [-0.2, 0) is 0 Å². The van der Waals surface area contributed by atoms with Gasteiger partial charge in [0.25, 0.3) is 0 Å². The number of aryl methyl sites for hydroxylation is 1. The van der Waals surface area contributed by atoms with Crippen molar-refractivity contribution in [3.63, 3.8) is 0 Å². The molecule has 0 fully saturated rings. The minimum absolute atomic E-state index is 0.0462. The van der Waals surface area contributed by atoms with Crippen molar-refractivity contribution in [2.75, 3.05) is 6.61 Å². The summed E-state index contributed by atoms with van der Waals surface area (Å²) in [5.74, 6) is 0.856. The van der Waals surface area contributed by atoms with Gasteiger partial charge in [-0.2, -0.15) is 0 Å². The van der Waals surface area contributed by atoms with Gasteiger partial charge in [0.1, 0.15) is 5.75 Å². The van der Waals surface area contributed by atoms with E-state index in [1.54, 1.807) is 0 Å². The van der Waals surface area contributed by atoms with E-state index in [0.29, 0.717) is 12.2 Å².